The molecule has 0 bridgehead atoms. The first-order valence-electron chi connectivity index (χ1n) is 5.20. The van der Waals surface area contributed by atoms with Crippen molar-refractivity contribution in [2.75, 3.05) is 5.75 Å². The van der Waals surface area contributed by atoms with Gasteiger partial charge in [0.25, 0.3) is 0 Å². The maximum Gasteiger partial charge on any atom is 0.00623 e. The van der Waals surface area contributed by atoms with Crippen molar-refractivity contribution in [3.05, 3.63) is 0 Å². The first-order chi connectivity index (χ1) is 5.83. The van der Waals surface area contributed by atoms with E-state index in [4.69, 9.17) is 5.73 Å². The number of nitrogens with two attached hydrogens (primary N) is 1. The quantitative estimate of drug-likeness (QED) is 0.670. The predicted molar refractivity (Wildman–Crippen MR) is 57.6 cm³/mol. The Balaban J connectivity index is 1.93. The summed E-state index contributed by atoms with van der Waals surface area (Å²) in [5, 5.41) is 0.886. The average molecular weight is 187 g/mol. The van der Waals surface area contributed by atoms with Crippen molar-refractivity contribution >= 4 is 11.8 Å². The molecule has 2 atom stereocenters. The molecule has 0 aromatic rings. The Bertz CT molecular complexity index is 116. The van der Waals surface area contributed by atoms with Gasteiger partial charge in [-0.15, -0.1) is 0 Å². The van der Waals surface area contributed by atoms with E-state index in [0.717, 1.165) is 5.25 Å². The molecule has 0 radical (unpaired) electrons. The maximum absolute atomic E-state index is 5.84. The first kappa shape index (κ1) is 10.4. The van der Waals surface area contributed by atoms with Gasteiger partial charge in [0.05, 0.1) is 0 Å². The van der Waals surface area contributed by atoms with E-state index in [1.807, 2.05) is 0 Å². The second-order valence-electron chi connectivity index (χ2n) is 3.77. The summed E-state index contributed by atoms with van der Waals surface area (Å²) in [6, 6.07) is 0.508. The highest BCUT2D eigenvalue weighted by Crippen LogP contribution is 2.29. The molecule has 1 aliphatic rings. The van der Waals surface area contributed by atoms with Crippen molar-refractivity contribution in [1.82, 2.24) is 0 Å². The monoisotopic (exact) mass is 187 g/mol. The van der Waals surface area contributed by atoms with E-state index in [-0.39, 0.29) is 0 Å². The van der Waals surface area contributed by atoms with E-state index < -0.39 is 0 Å². The van der Waals surface area contributed by atoms with Crippen molar-refractivity contribution < 1.29 is 0 Å². The Kier molecular flexibility index (Phi) is 5.08. The van der Waals surface area contributed by atoms with Crippen LogP contribution in [0.3, 0.4) is 0 Å². The Morgan fingerprint density at radius 2 is 2.17 bits per heavy atom. The van der Waals surface area contributed by atoms with Crippen molar-refractivity contribution in [3.8, 4) is 0 Å². The Morgan fingerprint density at radius 3 is 2.75 bits per heavy atom. The van der Waals surface area contributed by atoms with E-state index >= 15 is 0 Å². The van der Waals surface area contributed by atoms with E-state index in [9.17, 15) is 0 Å². The van der Waals surface area contributed by atoms with Crippen molar-refractivity contribution in [3.63, 3.8) is 0 Å². The van der Waals surface area contributed by atoms with Crippen LogP contribution in [0.5, 0.6) is 0 Å². The van der Waals surface area contributed by atoms with E-state index in [1.165, 1.54) is 44.3 Å². The molecule has 2 unspecified atom stereocenters. The molecule has 1 aliphatic carbocycles. The summed E-state index contributed by atoms with van der Waals surface area (Å²) in [7, 11) is 0. The molecule has 0 amide bonds. The van der Waals surface area contributed by atoms with Crippen molar-refractivity contribution in [2.45, 2.75) is 56.7 Å². The molecule has 1 fully saturated rings. The number of hydrogen-bond donors (Lipinski definition) is 1. The Hall–Kier alpha value is 0.310. The fourth-order valence-corrected chi connectivity index (χ4v) is 3.12. The molecule has 2 N–H and O–H groups in total. The predicted octanol–water partition coefficient (Wildman–Crippen LogP) is 2.79. The lowest BCUT2D eigenvalue weighted by atomic mass is 10.3. The fraction of sp³-hybridized carbons (Fsp3) is 1.00. The lowest BCUT2D eigenvalue weighted by molar-refractivity contribution is 0.705. The largest absolute Gasteiger partial charge is 0.328 e. The molecule has 0 heterocycles. The van der Waals surface area contributed by atoms with Crippen molar-refractivity contribution in [1.29, 1.82) is 0 Å². The van der Waals surface area contributed by atoms with Gasteiger partial charge in [-0.05, 0) is 31.4 Å². The first-order valence-corrected chi connectivity index (χ1v) is 6.25. The molecule has 0 spiro atoms. The number of thioether (sulfide) groups is 1. The fourth-order valence-electron chi connectivity index (χ4n) is 1.73. The third-order valence-corrected chi connectivity index (χ3v) is 3.95. The summed E-state index contributed by atoms with van der Waals surface area (Å²) < 4.78 is 0. The van der Waals surface area contributed by atoms with Gasteiger partial charge in [0.2, 0.25) is 0 Å². The summed E-state index contributed by atoms with van der Waals surface area (Å²) in [4.78, 5) is 0. The van der Waals surface area contributed by atoms with Crippen LogP contribution < -0.4 is 5.73 Å². The highest BCUT2D eigenvalue weighted by atomic mass is 32.2. The normalized spacial score (nSPS) is 29.5. The molecule has 0 aromatic carbocycles. The van der Waals surface area contributed by atoms with Crippen LogP contribution in [-0.2, 0) is 0 Å². The summed E-state index contributed by atoms with van der Waals surface area (Å²) in [6.45, 7) is 2.26. The Morgan fingerprint density at radius 1 is 1.33 bits per heavy atom. The third kappa shape index (κ3) is 3.81. The van der Waals surface area contributed by atoms with Gasteiger partial charge in [0.15, 0.2) is 0 Å². The molecule has 1 saturated carbocycles. The van der Waals surface area contributed by atoms with Crippen LogP contribution >= 0.6 is 11.8 Å². The second-order valence-corrected chi connectivity index (χ2v) is 5.18. The summed E-state index contributed by atoms with van der Waals surface area (Å²) >= 11 is 2.15. The standard InChI is InChI=1S/C10H21NS/c1-2-3-4-7-12-10-6-5-9(11)8-10/h9-10H,2-8,11H2,1H3. The molecular formula is C10H21NS. The molecule has 12 heavy (non-hydrogen) atoms. The summed E-state index contributed by atoms with van der Waals surface area (Å²) in [5.41, 5.74) is 5.84. The SMILES string of the molecule is CCCCCSC1CCC(N)C1. The molecule has 0 aromatic heterocycles. The van der Waals surface area contributed by atoms with Crippen LogP contribution in [0.1, 0.15) is 45.4 Å². The van der Waals surface area contributed by atoms with Crippen LogP contribution in [0.4, 0.5) is 0 Å². The number of rotatable bonds is 5. The topological polar surface area (TPSA) is 26.0 Å². The van der Waals surface area contributed by atoms with Crippen LogP contribution in [0.25, 0.3) is 0 Å². The van der Waals surface area contributed by atoms with E-state index in [2.05, 4.69) is 18.7 Å². The molecule has 0 aliphatic heterocycles. The van der Waals surface area contributed by atoms with Gasteiger partial charge in [-0.1, -0.05) is 19.8 Å². The highest BCUT2D eigenvalue weighted by molar-refractivity contribution is 7.99. The minimum absolute atomic E-state index is 0.508. The lowest BCUT2D eigenvalue weighted by Crippen LogP contribution is -2.15. The van der Waals surface area contributed by atoms with E-state index in [0.29, 0.717) is 6.04 Å². The van der Waals surface area contributed by atoms with Crippen LogP contribution in [0, 0.1) is 0 Å². The minimum Gasteiger partial charge on any atom is -0.328 e. The summed E-state index contributed by atoms with van der Waals surface area (Å²) in [5.74, 6) is 1.35. The minimum atomic E-state index is 0.508. The molecule has 1 rings (SSSR count). The molecule has 2 heteroatoms. The van der Waals surface area contributed by atoms with Gasteiger partial charge in [-0.3, -0.25) is 0 Å². The maximum atomic E-state index is 5.84. The highest BCUT2D eigenvalue weighted by Gasteiger charge is 2.21. The van der Waals surface area contributed by atoms with Crippen molar-refractivity contribution in [2.24, 2.45) is 5.73 Å². The molecular weight excluding hydrogens is 166 g/mol. The average Bonchev–Trinajstić information content (AvgIpc) is 2.45. The van der Waals surface area contributed by atoms with Gasteiger partial charge >= 0.3 is 0 Å². The van der Waals surface area contributed by atoms with Gasteiger partial charge in [0.1, 0.15) is 0 Å². The van der Waals surface area contributed by atoms with Gasteiger partial charge in [-0.25, -0.2) is 0 Å². The lowest BCUT2D eigenvalue weighted by Gasteiger charge is -2.08. The van der Waals surface area contributed by atoms with Gasteiger partial charge in [-0.2, -0.15) is 11.8 Å². The zero-order valence-corrected chi connectivity index (χ0v) is 8.91. The van der Waals surface area contributed by atoms with E-state index in [1.54, 1.807) is 0 Å². The summed E-state index contributed by atoms with van der Waals surface area (Å²) in [6.07, 6.45) is 8.00. The second kappa shape index (κ2) is 5.87. The molecule has 72 valence electrons. The molecule has 1 nitrogen and oxygen atoms in total. The van der Waals surface area contributed by atoms with Crippen LogP contribution in [0.15, 0.2) is 0 Å². The van der Waals surface area contributed by atoms with Gasteiger partial charge in [0, 0.05) is 11.3 Å². The Labute approximate surface area is 80.5 Å². The van der Waals surface area contributed by atoms with Crippen LogP contribution in [0.2, 0.25) is 0 Å². The third-order valence-electron chi connectivity index (χ3n) is 2.53. The number of hydrogen-bond acceptors (Lipinski definition) is 2. The van der Waals surface area contributed by atoms with Gasteiger partial charge < -0.3 is 5.73 Å². The number of unbranched alkanes of at least 4 members (excludes halogenated alkanes) is 2. The zero-order chi connectivity index (χ0) is 8.81. The van der Waals surface area contributed by atoms with Crippen LogP contribution in [-0.4, -0.2) is 17.0 Å². The zero-order valence-electron chi connectivity index (χ0n) is 8.09. The molecule has 0 saturated heterocycles. The smallest absolute Gasteiger partial charge is 0.00623 e.